The third-order valence-electron chi connectivity index (χ3n) is 9.48. The minimum Gasteiger partial charge on any atom is -0.495 e. The molecule has 0 saturated carbocycles. The van der Waals surface area contributed by atoms with Gasteiger partial charge in [-0.1, -0.05) is 74.4 Å². The highest BCUT2D eigenvalue weighted by molar-refractivity contribution is 6.35. The van der Waals surface area contributed by atoms with Gasteiger partial charge >= 0.3 is 12.1 Å². The van der Waals surface area contributed by atoms with Crippen LogP contribution in [0.4, 0.5) is 16.2 Å². The van der Waals surface area contributed by atoms with Gasteiger partial charge < -0.3 is 39.4 Å². The van der Waals surface area contributed by atoms with Crippen LogP contribution in [0.5, 0.6) is 5.75 Å². The Morgan fingerprint density at radius 2 is 1.81 bits per heavy atom. The van der Waals surface area contributed by atoms with Gasteiger partial charge in [0.25, 0.3) is 0 Å². The maximum atomic E-state index is 14.0. The second kappa shape index (κ2) is 18.7. The first-order valence-electron chi connectivity index (χ1n) is 17.5. The van der Waals surface area contributed by atoms with E-state index in [4.69, 9.17) is 35.3 Å². The molecule has 2 saturated heterocycles. The summed E-state index contributed by atoms with van der Waals surface area (Å²) in [7, 11) is 6.09. The number of fused-ring (bicyclic) bond motifs is 5. The van der Waals surface area contributed by atoms with Crippen molar-refractivity contribution < 1.29 is 43.2 Å². The summed E-state index contributed by atoms with van der Waals surface area (Å²) in [6.07, 6.45) is 1.58. The van der Waals surface area contributed by atoms with Gasteiger partial charge in [0.15, 0.2) is 0 Å². The molecule has 2 aromatic rings. The summed E-state index contributed by atoms with van der Waals surface area (Å²) in [6, 6.07) is 12.4. The van der Waals surface area contributed by atoms with Gasteiger partial charge in [-0.15, -0.1) is 0 Å². The first kappa shape index (κ1) is 42.5. The van der Waals surface area contributed by atoms with Crippen LogP contribution in [0.2, 0.25) is 5.02 Å². The molecule has 13 heteroatoms. The van der Waals surface area contributed by atoms with Gasteiger partial charge in [0.1, 0.15) is 40.3 Å². The fourth-order valence-corrected chi connectivity index (χ4v) is 6.97. The Labute approximate surface area is 312 Å². The third-order valence-corrected chi connectivity index (χ3v) is 9.86. The van der Waals surface area contributed by atoms with Crippen LogP contribution in [0.15, 0.2) is 66.3 Å². The van der Waals surface area contributed by atoms with Crippen LogP contribution in [-0.2, 0) is 35.0 Å². The van der Waals surface area contributed by atoms with Gasteiger partial charge in [0.05, 0.1) is 31.7 Å². The predicted molar refractivity (Wildman–Crippen MR) is 202 cm³/mol. The lowest BCUT2D eigenvalue weighted by Crippen LogP contribution is -2.53. The van der Waals surface area contributed by atoms with Crippen LogP contribution in [0.1, 0.15) is 59.4 Å². The fourth-order valence-electron chi connectivity index (χ4n) is 6.66. The highest BCUT2D eigenvalue weighted by Crippen LogP contribution is 2.49. The highest BCUT2D eigenvalue weighted by Gasteiger charge is 2.64. The number of aliphatic hydroxyl groups is 1. The summed E-state index contributed by atoms with van der Waals surface area (Å²) >= 11 is 6.73. The maximum Gasteiger partial charge on any atom is 0.412 e. The van der Waals surface area contributed by atoms with Crippen molar-refractivity contribution in [3.63, 3.8) is 0 Å². The SMILES string of the molecule is CC.CN.COc1cc2cc(c1Cl)N(C)C(=O)C[C@H](OC(=O)Nc1ccccc1)[C@]1(C)O[C@H]1[C@H](C)[C@@H]1C[C@@](O)(CC(=O)O1)[C@H](OC)/C=C/C=C(\C)C2. The lowest BCUT2D eigenvalue weighted by molar-refractivity contribution is -0.187. The summed E-state index contributed by atoms with van der Waals surface area (Å²) in [4.78, 5) is 41.4. The van der Waals surface area contributed by atoms with E-state index in [0.29, 0.717) is 23.5 Å². The number of allylic oxidation sites excluding steroid dienone is 3. The number of hydrogen-bond acceptors (Lipinski definition) is 10. The molecule has 12 nitrogen and oxygen atoms in total. The molecule has 4 bridgehead atoms. The molecule has 3 aliphatic heterocycles. The molecular weight excluding hydrogens is 690 g/mol. The zero-order chi connectivity index (χ0) is 38.8. The van der Waals surface area contributed by atoms with E-state index in [1.807, 2.05) is 52.0 Å². The van der Waals surface area contributed by atoms with Gasteiger partial charge in [-0.25, -0.2) is 4.79 Å². The highest BCUT2D eigenvalue weighted by atomic mass is 35.5. The number of halogens is 1. The molecule has 7 atom stereocenters. The summed E-state index contributed by atoms with van der Waals surface area (Å²) in [6.45, 7) is 9.55. The number of epoxide rings is 1. The van der Waals surface area contributed by atoms with E-state index in [1.54, 1.807) is 50.4 Å². The van der Waals surface area contributed by atoms with Crippen molar-refractivity contribution >= 4 is 40.9 Å². The zero-order valence-electron chi connectivity index (χ0n) is 31.6. The van der Waals surface area contributed by atoms with Crippen LogP contribution in [0.25, 0.3) is 0 Å². The van der Waals surface area contributed by atoms with Crippen LogP contribution < -0.4 is 20.7 Å². The number of amides is 2. The standard InChI is InChI=1S/C36H43ClN2O9.C2H6.CH5N/c1-21-11-10-14-28(45-6)36(43)19-27(46-31(41)20-36)22(2)33-35(3,48-33)29(47-34(42)38-24-12-8-7-9-13-24)18-30(40)39(4)25-16-23(15-21)17-26(44-5)32(25)37;2*1-2/h7-14,16-17,22,27-29,33,43H,15,18-20H2,1-6H3,(H,38,42);1-2H3;2H2,1H3/b14-10+,21-11+;;/t22-,27+,28-,29+,33+,35+,36-;;/m1../s1. The second-order valence-electron chi connectivity index (χ2n) is 13.0. The summed E-state index contributed by atoms with van der Waals surface area (Å²) in [5.41, 5.74) is 4.58. The van der Waals surface area contributed by atoms with Gasteiger partial charge in [0, 0.05) is 32.2 Å². The number of anilines is 2. The number of ether oxygens (including phenoxy) is 5. The average molecular weight is 744 g/mol. The molecule has 0 unspecified atom stereocenters. The molecule has 286 valence electrons. The van der Waals surface area contributed by atoms with Crippen molar-refractivity contribution in [1.82, 2.24) is 0 Å². The van der Waals surface area contributed by atoms with E-state index < -0.39 is 53.6 Å². The summed E-state index contributed by atoms with van der Waals surface area (Å²) < 4.78 is 29.1. The Morgan fingerprint density at radius 1 is 1.13 bits per heavy atom. The molecular formula is C39H54ClN3O9. The van der Waals surface area contributed by atoms with Crippen LogP contribution >= 0.6 is 11.6 Å². The maximum absolute atomic E-state index is 14.0. The Balaban J connectivity index is 0.00000176. The summed E-state index contributed by atoms with van der Waals surface area (Å²) in [5.74, 6) is -0.986. The van der Waals surface area contributed by atoms with E-state index in [2.05, 4.69) is 11.1 Å². The van der Waals surface area contributed by atoms with Gasteiger partial charge in [-0.05, 0) is 57.1 Å². The van der Waals surface area contributed by atoms with Crippen molar-refractivity contribution in [2.45, 2.75) is 95.9 Å². The van der Waals surface area contributed by atoms with E-state index in [0.717, 1.165) is 11.1 Å². The number of carbonyl (C=O) groups is 3. The second-order valence-corrected chi connectivity index (χ2v) is 13.4. The fraction of sp³-hybridized carbons (Fsp3) is 0.513. The van der Waals surface area contributed by atoms with Crippen molar-refractivity contribution in [1.29, 1.82) is 0 Å². The number of methoxy groups -OCH3 is 2. The monoisotopic (exact) mass is 743 g/mol. The minimum absolute atomic E-state index is 0.0905. The van der Waals surface area contributed by atoms with Crippen molar-refractivity contribution in [3.05, 3.63) is 76.9 Å². The van der Waals surface area contributed by atoms with Crippen molar-refractivity contribution in [2.24, 2.45) is 11.7 Å². The van der Waals surface area contributed by atoms with E-state index in [1.165, 1.54) is 26.2 Å². The lowest BCUT2D eigenvalue weighted by Gasteiger charge is -2.41. The number of benzene rings is 2. The van der Waals surface area contributed by atoms with Gasteiger partial charge in [-0.2, -0.15) is 0 Å². The molecule has 0 spiro atoms. The largest absolute Gasteiger partial charge is 0.495 e. The molecule has 3 aliphatic rings. The molecule has 0 radical (unpaired) electrons. The number of hydrogen-bond donors (Lipinski definition) is 3. The number of carbonyl (C=O) groups excluding carboxylic acids is 3. The van der Waals surface area contributed by atoms with E-state index >= 15 is 0 Å². The molecule has 3 heterocycles. The number of nitrogens with zero attached hydrogens (tertiary/aromatic N) is 1. The average Bonchev–Trinajstić information content (AvgIpc) is 3.83. The molecule has 0 aliphatic carbocycles. The van der Waals surface area contributed by atoms with Crippen LogP contribution in [0.3, 0.4) is 0 Å². The number of nitrogens with one attached hydrogen (secondary N) is 1. The number of para-hydroxylation sites is 1. The normalized spacial score (nSPS) is 30.3. The smallest absolute Gasteiger partial charge is 0.412 e. The van der Waals surface area contributed by atoms with Crippen LogP contribution in [-0.4, -0.2) is 87.0 Å². The molecule has 0 aromatic heterocycles. The topological polar surface area (TPSA) is 162 Å². The molecule has 52 heavy (non-hydrogen) atoms. The Kier molecular flexibility index (Phi) is 15.3. The summed E-state index contributed by atoms with van der Waals surface area (Å²) in [5, 5.41) is 14.7. The van der Waals surface area contributed by atoms with Gasteiger partial charge in [0.2, 0.25) is 5.91 Å². The molecule has 2 aromatic carbocycles. The van der Waals surface area contributed by atoms with E-state index in [-0.39, 0.29) is 30.2 Å². The van der Waals surface area contributed by atoms with Gasteiger partial charge in [-0.3, -0.25) is 14.9 Å². The van der Waals surface area contributed by atoms with E-state index in [9.17, 15) is 19.5 Å². The Morgan fingerprint density at radius 3 is 2.44 bits per heavy atom. The first-order valence-corrected chi connectivity index (χ1v) is 17.9. The Hall–Kier alpha value is -3.94. The molecule has 5 rings (SSSR count). The molecule has 2 amide bonds. The number of rotatable bonds is 4. The minimum atomic E-state index is -1.54. The molecule has 4 N–H and O–H groups in total. The van der Waals surface area contributed by atoms with Crippen molar-refractivity contribution in [2.75, 3.05) is 38.5 Å². The van der Waals surface area contributed by atoms with Crippen molar-refractivity contribution in [3.8, 4) is 5.75 Å². The van der Waals surface area contributed by atoms with Crippen LogP contribution in [0, 0.1) is 5.92 Å². The zero-order valence-corrected chi connectivity index (χ0v) is 32.4. The molecule has 2 fully saturated rings. The number of nitrogens with two attached hydrogens (primary N) is 1. The lowest BCUT2D eigenvalue weighted by atomic mass is 9.78. The first-order chi connectivity index (χ1) is 24.8. The quantitative estimate of drug-likeness (QED) is 0.242. The third kappa shape index (κ3) is 9.93. The predicted octanol–water partition coefficient (Wildman–Crippen LogP) is 6.22. The Bertz CT molecular complexity index is 1600. The number of esters is 1.